The summed E-state index contributed by atoms with van der Waals surface area (Å²) in [5.74, 6) is 0.985. The van der Waals surface area contributed by atoms with E-state index in [4.69, 9.17) is 27.9 Å². The first-order chi connectivity index (χ1) is 15.1. The summed E-state index contributed by atoms with van der Waals surface area (Å²) >= 11 is 12.4. The van der Waals surface area contributed by atoms with Crippen molar-refractivity contribution in [2.45, 2.75) is 12.6 Å². The van der Waals surface area contributed by atoms with E-state index in [-0.39, 0.29) is 12.4 Å². The van der Waals surface area contributed by atoms with Gasteiger partial charge in [-0.1, -0.05) is 41.4 Å². The summed E-state index contributed by atoms with van der Waals surface area (Å²) in [5, 5.41) is 8.23. The van der Waals surface area contributed by atoms with Crippen LogP contribution in [0.4, 0.5) is 0 Å². The van der Waals surface area contributed by atoms with E-state index < -0.39 is 11.9 Å². The summed E-state index contributed by atoms with van der Waals surface area (Å²) in [5.41, 5.74) is 1.57. The number of hydrogen-bond donors (Lipinski definition) is 1. The van der Waals surface area contributed by atoms with Crippen molar-refractivity contribution in [2.75, 3.05) is 6.61 Å². The number of halogens is 2. The average Bonchev–Trinajstić information content (AvgIpc) is 3.41. The molecule has 0 saturated carbocycles. The highest BCUT2D eigenvalue weighted by Crippen LogP contribution is 2.30. The zero-order chi connectivity index (χ0) is 21.4. The zero-order valence-corrected chi connectivity index (χ0v) is 17.6. The summed E-state index contributed by atoms with van der Waals surface area (Å²) in [6.45, 7) is 0.529. The molecule has 31 heavy (non-hydrogen) atoms. The molecule has 0 saturated heterocycles. The molecule has 1 N–H and O–H groups in total. The zero-order valence-electron chi connectivity index (χ0n) is 16.1. The molecule has 1 atom stereocenters. The van der Waals surface area contributed by atoms with Gasteiger partial charge in [-0.25, -0.2) is 14.6 Å². The van der Waals surface area contributed by atoms with Crippen LogP contribution in [0.25, 0.3) is 5.69 Å². The van der Waals surface area contributed by atoms with Crippen LogP contribution < -0.4 is 10.1 Å². The van der Waals surface area contributed by atoms with Crippen LogP contribution in [0.15, 0.2) is 61.2 Å². The molecule has 0 bridgehead atoms. The predicted octanol–water partition coefficient (Wildman–Crippen LogP) is 3.68. The third-order valence-electron chi connectivity index (χ3n) is 4.94. The third-order valence-corrected chi connectivity index (χ3v) is 5.65. The maximum atomic E-state index is 12.8. The minimum Gasteiger partial charge on any atom is -0.489 e. The summed E-state index contributed by atoms with van der Waals surface area (Å²) in [6, 6.07) is 12.4. The van der Waals surface area contributed by atoms with E-state index in [2.05, 4.69) is 20.4 Å². The van der Waals surface area contributed by atoms with Gasteiger partial charge in [0, 0.05) is 28.0 Å². The Morgan fingerprint density at radius 3 is 2.77 bits per heavy atom. The predicted molar refractivity (Wildman–Crippen MR) is 115 cm³/mol. The molecule has 0 fully saturated rings. The number of benzene rings is 2. The Morgan fingerprint density at radius 1 is 1.13 bits per heavy atom. The fourth-order valence-corrected chi connectivity index (χ4v) is 3.97. The van der Waals surface area contributed by atoms with Crippen LogP contribution in [0.5, 0.6) is 5.75 Å². The molecule has 2 aromatic carbocycles. The Labute approximate surface area is 187 Å². The van der Waals surface area contributed by atoms with Crippen LogP contribution in [-0.2, 0) is 6.54 Å². The fraction of sp³-hybridized carbons (Fsp3) is 0.143. The van der Waals surface area contributed by atoms with E-state index in [1.54, 1.807) is 24.4 Å². The molecule has 10 heteroatoms. The number of ether oxygens (including phenoxy) is 1. The molecular weight excluding hydrogens is 439 g/mol. The number of imidazole rings is 1. The molecule has 0 radical (unpaired) electrons. The average molecular weight is 455 g/mol. The quantitative estimate of drug-likeness (QED) is 0.508. The molecule has 4 aromatic rings. The van der Waals surface area contributed by atoms with Gasteiger partial charge in [0.15, 0.2) is 0 Å². The van der Waals surface area contributed by atoms with Gasteiger partial charge < -0.3 is 10.1 Å². The van der Waals surface area contributed by atoms with Crippen LogP contribution in [0.1, 0.15) is 28.0 Å². The lowest BCUT2D eigenvalue weighted by atomic mass is 10.2. The van der Waals surface area contributed by atoms with Crippen molar-refractivity contribution in [3.63, 3.8) is 0 Å². The smallest absolute Gasteiger partial charge is 0.291 e. The van der Waals surface area contributed by atoms with E-state index in [0.29, 0.717) is 28.0 Å². The number of aromatic nitrogens is 5. The van der Waals surface area contributed by atoms with Crippen molar-refractivity contribution in [1.29, 1.82) is 0 Å². The largest absolute Gasteiger partial charge is 0.489 e. The molecule has 156 valence electrons. The highest BCUT2D eigenvalue weighted by Gasteiger charge is 2.27. The van der Waals surface area contributed by atoms with Crippen LogP contribution in [0, 0.1) is 0 Å². The lowest BCUT2D eigenvalue weighted by Gasteiger charge is -2.15. The second-order valence-corrected chi connectivity index (χ2v) is 7.74. The van der Waals surface area contributed by atoms with E-state index in [1.165, 1.54) is 11.0 Å². The van der Waals surface area contributed by atoms with Crippen LogP contribution >= 0.6 is 23.2 Å². The first-order valence-corrected chi connectivity index (χ1v) is 10.2. The highest BCUT2D eigenvalue weighted by atomic mass is 35.5. The highest BCUT2D eigenvalue weighted by molar-refractivity contribution is 6.35. The van der Waals surface area contributed by atoms with Crippen molar-refractivity contribution >= 4 is 29.1 Å². The lowest BCUT2D eigenvalue weighted by molar-refractivity contribution is 0.0909. The van der Waals surface area contributed by atoms with Crippen LogP contribution in [0.2, 0.25) is 10.0 Å². The second kappa shape index (κ2) is 8.05. The molecule has 1 unspecified atom stereocenters. The molecule has 1 amide bonds. The maximum Gasteiger partial charge on any atom is 0.291 e. The summed E-state index contributed by atoms with van der Waals surface area (Å²) in [4.78, 5) is 21.4. The van der Waals surface area contributed by atoms with Crippen molar-refractivity contribution in [2.24, 2.45) is 0 Å². The Hall–Kier alpha value is -3.36. The van der Waals surface area contributed by atoms with Crippen molar-refractivity contribution in [3.8, 4) is 11.4 Å². The standard InChI is InChI=1S/C21H16Cl2N6O2/c22-14-4-3-5-15(23)13(14)10-28-12-25-19(27-28)21(30)26-16-11-31-18-7-2-1-6-17(18)29-9-8-24-20(16)29/h1-9,12,16H,10-11H2,(H,26,30). The molecule has 3 heterocycles. The lowest BCUT2D eigenvalue weighted by Crippen LogP contribution is -2.34. The fourth-order valence-electron chi connectivity index (χ4n) is 3.45. The first-order valence-electron chi connectivity index (χ1n) is 9.49. The van der Waals surface area contributed by atoms with Gasteiger partial charge in [0.1, 0.15) is 30.5 Å². The van der Waals surface area contributed by atoms with E-state index in [1.807, 2.05) is 35.0 Å². The van der Waals surface area contributed by atoms with Gasteiger partial charge in [0.2, 0.25) is 5.82 Å². The molecule has 0 aliphatic carbocycles. The topological polar surface area (TPSA) is 86.9 Å². The summed E-state index contributed by atoms with van der Waals surface area (Å²) in [7, 11) is 0. The maximum absolute atomic E-state index is 12.8. The number of amides is 1. The number of rotatable bonds is 4. The molecule has 5 rings (SSSR count). The van der Waals surface area contributed by atoms with Crippen LogP contribution in [-0.4, -0.2) is 36.8 Å². The molecule has 2 aromatic heterocycles. The number of carbonyl (C=O) groups excluding carboxylic acids is 1. The number of hydrogen-bond acceptors (Lipinski definition) is 5. The first kappa shape index (κ1) is 19.6. The minimum atomic E-state index is -0.472. The van der Waals surface area contributed by atoms with Gasteiger partial charge in [-0.2, -0.15) is 0 Å². The normalized spacial score (nSPS) is 14.8. The monoisotopic (exact) mass is 454 g/mol. The van der Waals surface area contributed by atoms with E-state index >= 15 is 0 Å². The summed E-state index contributed by atoms with van der Waals surface area (Å²) in [6.07, 6.45) is 4.99. The second-order valence-electron chi connectivity index (χ2n) is 6.93. The van der Waals surface area contributed by atoms with Crippen molar-refractivity contribution < 1.29 is 9.53 Å². The Kier molecular flexibility index (Phi) is 5.09. The number of fused-ring (bicyclic) bond motifs is 3. The number of carbonyl (C=O) groups is 1. The van der Waals surface area contributed by atoms with Gasteiger partial charge in [0.05, 0.1) is 12.2 Å². The molecule has 1 aliphatic heterocycles. The molecule has 1 aliphatic rings. The van der Waals surface area contributed by atoms with Gasteiger partial charge in [0.25, 0.3) is 5.91 Å². The number of nitrogens with zero attached hydrogens (tertiary/aromatic N) is 5. The molecule has 0 spiro atoms. The Morgan fingerprint density at radius 2 is 1.94 bits per heavy atom. The molecular formula is C21H16Cl2N6O2. The van der Waals surface area contributed by atoms with Crippen molar-refractivity contribution in [3.05, 3.63) is 88.4 Å². The van der Waals surface area contributed by atoms with Crippen LogP contribution in [0.3, 0.4) is 0 Å². The van der Waals surface area contributed by atoms with E-state index in [0.717, 1.165) is 11.4 Å². The Bertz CT molecular complexity index is 1250. The SMILES string of the molecule is O=C(NC1COc2ccccc2-n2ccnc21)c1ncn(Cc2c(Cl)cccc2Cl)n1. The number of para-hydroxylation sites is 2. The Balaban J connectivity index is 1.35. The third kappa shape index (κ3) is 3.75. The van der Waals surface area contributed by atoms with Gasteiger partial charge in [-0.05, 0) is 24.3 Å². The molecule has 8 nitrogen and oxygen atoms in total. The minimum absolute atomic E-state index is 0.0306. The summed E-state index contributed by atoms with van der Waals surface area (Å²) < 4.78 is 9.32. The number of nitrogens with one attached hydrogen (secondary N) is 1. The van der Waals surface area contributed by atoms with Gasteiger partial charge in [-0.3, -0.25) is 9.36 Å². The van der Waals surface area contributed by atoms with Crippen molar-refractivity contribution in [1.82, 2.24) is 29.6 Å². The van der Waals surface area contributed by atoms with E-state index in [9.17, 15) is 4.79 Å². The van der Waals surface area contributed by atoms with Gasteiger partial charge in [-0.15, -0.1) is 5.10 Å². The van der Waals surface area contributed by atoms with Gasteiger partial charge >= 0.3 is 0 Å².